The first-order chi connectivity index (χ1) is 12.6. The second kappa shape index (κ2) is 6.69. The molecule has 1 aliphatic heterocycles. The summed E-state index contributed by atoms with van der Waals surface area (Å²) in [7, 11) is 3.85. The highest BCUT2D eigenvalue weighted by Gasteiger charge is 2.25. The fourth-order valence-corrected chi connectivity index (χ4v) is 4.66. The van der Waals surface area contributed by atoms with E-state index >= 15 is 0 Å². The molecule has 0 saturated carbocycles. The van der Waals surface area contributed by atoms with Crippen molar-refractivity contribution in [1.29, 1.82) is 0 Å². The Kier molecular flexibility index (Phi) is 4.37. The molecule has 3 aromatic rings. The highest BCUT2D eigenvalue weighted by molar-refractivity contribution is 8.03. The molecular formula is C22H23N2OS+. The zero-order valence-electron chi connectivity index (χ0n) is 15.6. The maximum Gasteiger partial charge on any atom is 0.212 e. The molecule has 3 nitrogen and oxygen atoms in total. The number of hydrogen-bond donors (Lipinski definition) is 0. The summed E-state index contributed by atoms with van der Waals surface area (Å²) in [6.45, 7) is 5.26. The standard InChI is InChI=1S/C22H23N2OS/c1-5-24-20-11-9-18(25-4)14-21(20)26-22(24)13-17-8-7-16-12-15(2)6-10-19(16)23(17)3/h6-14H,5H2,1-4H3/q+1. The number of benzene rings is 2. The topological polar surface area (TPSA) is 16.4 Å². The van der Waals surface area contributed by atoms with Crippen LogP contribution in [0.25, 0.3) is 17.0 Å². The van der Waals surface area contributed by atoms with Gasteiger partial charge in [-0.1, -0.05) is 23.4 Å². The Morgan fingerprint density at radius 3 is 2.73 bits per heavy atom. The first kappa shape index (κ1) is 17.0. The third-order valence-corrected chi connectivity index (χ3v) is 5.99. The van der Waals surface area contributed by atoms with E-state index in [1.807, 2.05) is 6.07 Å². The van der Waals surface area contributed by atoms with Crippen molar-refractivity contribution >= 4 is 34.4 Å². The summed E-state index contributed by atoms with van der Waals surface area (Å²) in [5.41, 5.74) is 4.98. The molecule has 0 amide bonds. The second-order valence-electron chi connectivity index (χ2n) is 6.54. The fourth-order valence-electron chi connectivity index (χ4n) is 3.46. The van der Waals surface area contributed by atoms with E-state index in [0.717, 1.165) is 12.3 Å². The number of methoxy groups -OCH3 is 1. The molecule has 132 valence electrons. The van der Waals surface area contributed by atoms with Crippen LogP contribution in [0.1, 0.15) is 18.2 Å². The van der Waals surface area contributed by atoms with Crippen LogP contribution in [0.15, 0.2) is 58.5 Å². The Bertz CT molecular complexity index is 1030. The van der Waals surface area contributed by atoms with Crippen molar-refractivity contribution in [3.63, 3.8) is 0 Å². The van der Waals surface area contributed by atoms with Crippen LogP contribution in [0.5, 0.6) is 5.75 Å². The number of aromatic nitrogens is 1. The Morgan fingerprint density at radius 1 is 1.12 bits per heavy atom. The first-order valence-electron chi connectivity index (χ1n) is 8.85. The summed E-state index contributed by atoms with van der Waals surface area (Å²) in [6.07, 6.45) is 2.28. The number of thioether (sulfide) groups is 1. The van der Waals surface area contributed by atoms with Crippen molar-refractivity contribution in [3.8, 4) is 5.75 Å². The number of hydrogen-bond acceptors (Lipinski definition) is 3. The maximum absolute atomic E-state index is 5.38. The lowest BCUT2D eigenvalue weighted by Gasteiger charge is -2.17. The van der Waals surface area contributed by atoms with Crippen molar-refractivity contribution < 1.29 is 9.30 Å². The molecule has 0 bridgehead atoms. The number of nitrogens with zero attached hydrogens (tertiary/aromatic N) is 2. The summed E-state index contributed by atoms with van der Waals surface area (Å²) in [6, 6.07) is 17.3. The van der Waals surface area contributed by atoms with Gasteiger partial charge in [0.15, 0.2) is 0 Å². The molecular weight excluding hydrogens is 340 g/mol. The molecule has 1 aliphatic rings. The number of pyridine rings is 1. The Balaban J connectivity index is 1.77. The van der Waals surface area contributed by atoms with Gasteiger partial charge in [-0.05, 0) is 44.2 Å². The molecule has 1 aromatic heterocycles. The van der Waals surface area contributed by atoms with E-state index in [9.17, 15) is 0 Å². The first-order valence-corrected chi connectivity index (χ1v) is 9.67. The van der Waals surface area contributed by atoms with Crippen LogP contribution in [-0.4, -0.2) is 13.7 Å². The van der Waals surface area contributed by atoms with Crippen molar-refractivity contribution in [1.82, 2.24) is 0 Å². The van der Waals surface area contributed by atoms with Gasteiger partial charge in [-0.2, -0.15) is 4.57 Å². The molecule has 0 N–H and O–H groups in total. The predicted octanol–water partition coefficient (Wildman–Crippen LogP) is 4.91. The van der Waals surface area contributed by atoms with Crippen LogP contribution >= 0.6 is 11.8 Å². The van der Waals surface area contributed by atoms with E-state index in [4.69, 9.17) is 4.74 Å². The van der Waals surface area contributed by atoms with Gasteiger partial charge in [0, 0.05) is 35.0 Å². The molecule has 2 aromatic carbocycles. The largest absolute Gasteiger partial charge is 0.497 e. The quantitative estimate of drug-likeness (QED) is 0.615. The lowest BCUT2D eigenvalue weighted by atomic mass is 10.1. The number of rotatable bonds is 3. The fraction of sp³-hybridized carbons (Fsp3) is 0.227. The monoisotopic (exact) mass is 363 g/mol. The molecule has 2 heterocycles. The van der Waals surface area contributed by atoms with E-state index in [1.54, 1.807) is 18.9 Å². The number of anilines is 1. The van der Waals surface area contributed by atoms with Gasteiger partial charge in [0.2, 0.25) is 11.2 Å². The molecule has 0 atom stereocenters. The molecule has 0 radical (unpaired) electrons. The average Bonchev–Trinajstić information content (AvgIpc) is 3.00. The molecule has 0 saturated heterocycles. The van der Waals surface area contributed by atoms with Gasteiger partial charge in [0.1, 0.15) is 12.8 Å². The van der Waals surface area contributed by atoms with Gasteiger partial charge in [-0.3, -0.25) is 0 Å². The highest BCUT2D eigenvalue weighted by Crippen LogP contribution is 2.47. The molecule has 4 rings (SSSR count). The molecule has 0 fully saturated rings. The normalized spacial score (nSPS) is 14.9. The van der Waals surface area contributed by atoms with Gasteiger partial charge in [0.05, 0.1) is 17.8 Å². The van der Waals surface area contributed by atoms with E-state index in [1.165, 1.54) is 37.8 Å². The third-order valence-electron chi connectivity index (χ3n) is 4.89. The smallest absolute Gasteiger partial charge is 0.212 e. The van der Waals surface area contributed by atoms with Crippen molar-refractivity contribution in [2.24, 2.45) is 7.05 Å². The summed E-state index contributed by atoms with van der Waals surface area (Å²) in [5, 5.41) is 2.52. The van der Waals surface area contributed by atoms with Gasteiger partial charge >= 0.3 is 0 Å². The van der Waals surface area contributed by atoms with Crippen LogP contribution in [0.2, 0.25) is 0 Å². The second-order valence-corrected chi connectivity index (χ2v) is 7.60. The molecule has 4 heteroatoms. The van der Waals surface area contributed by atoms with E-state index in [0.29, 0.717) is 0 Å². The molecule has 0 unspecified atom stereocenters. The molecule has 0 aliphatic carbocycles. The number of ether oxygens (including phenoxy) is 1. The van der Waals surface area contributed by atoms with Crippen molar-refractivity contribution in [3.05, 3.63) is 64.8 Å². The van der Waals surface area contributed by atoms with E-state index in [-0.39, 0.29) is 0 Å². The SMILES string of the molecule is CCN1/C(=C/c2ccc3cc(C)ccc3[n+]2C)Sc2cc(OC)ccc21. The van der Waals surface area contributed by atoms with E-state index < -0.39 is 0 Å². The van der Waals surface area contributed by atoms with Gasteiger partial charge in [-0.15, -0.1) is 0 Å². The highest BCUT2D eigenvalue weighted by atomic mass is 32.2. The zero-order chi connectivity index (χ0) is 18.3. The summed E-state index contributed by atoms with van der Waals surface area (Å²) < 4.78 is 7.65. The third kappa shape index (κ3) is 2.84. The van der Waals surface area contributed by atoms with Crippen LogP contribution in [0.4, 0.5) is 5.69 Å². The van der Waals surface area contributed by atoms with Crippen LogP contribution in [-0.2, 0) is 7.05 Å². The van der Waals surface area contributed by atoms with Crippen molar-refractivity contribution in [2.75, 3.05) is 18.6 Å². The summed E-state index contributed by atoms with van der Waals surface area (Å²) in [4.78, 5) is 3.61. The lowest BCUT2D eigenvalue weighted by Crippen LogP contribution is -2.33. The Hall–Kier alpha value is -2.46. The van der Waals surface area contributed by atoms with Gasteiger partial charge in [-0.25, -0.2) is 0 Å². The number of fused-ring (bicyclic) bond motifs is 2. The van der Waals surface area contributed by atoms with Crippen LogP contribution < -0.4 is 14.2 Å². The van der Waals surface area contributed by atoms with Gasteiger partial charge in [0.25, 0.3) is 0 Å². The minimum absolute atomic E-state index is 0.903. The average molecular weight is 364 g/mol. The molecule has 26 heavy (non-hydrogen) atoms. The maximum atomic E-state index is 5.38. The predicted molar refractivity (Wildman–Crippen MR) is 110 cm³/mol. The minimum Gasteiger partial charge on any atom is -0.497 e. The Labute approximate surface area is 158 Å². The Morgan fingerprint density at radius 2 is 1.96 bits per heavy atom. The zero-order valence-corrected chi connectivity index (χ0v) is 16.4. The van der Waals surface area contributed by atoms with Crippen molar-refractivity contribution in [2.45, 2.75) is 18.7 Å². The van der Waals surface area contributed by atoms with E-state index in [2.05, 4.69) is 78.9 Å². The summed E-state index contributed by atoms with van der Waals surface area (Å²) >= 11 is 1.80. The van der Waals surface area contributed by atoms with Crippen LogP contribution in [0.3, 0.4) is 0 Å². The lowest BCUT2D eigenvalue weighted by molar-refractivity contribution is -0.646. The van der Waals surface area contributed by atoms with Gasteiger partial charge < -0.3 is 9.64 Å². The molecule has 0 spiro atoms. The summed E-state index contributed by atoms with van der Waals surface area (Å²) in [5.74, 6) is 0.903. The van der Waals surface area contributed by atoms with Crippen LogP contribution in [0, 0.1) is 6.92 Å². The minimum atomic E-state index is 0.903. The number of aryl methyl sites for hydroxylation is 2.